The van der Waals surface area contributed by atoms with Crippen LogP contribution in [0.4, 0.5) is 0 Å². The molecule has 0 aliphatic heterocycles. The van der Waals surface area contributed by atoms with E-state index >= 15 is 0 Å². The molecule has 0 radical (unpaired) electrons. The Balaban J connectivity index is -0.0000000147. The van der Waals surface area contributed by atoms with E-state index in [1.54, 1.807) is 25.7 Å². The molecular formula is C5H11ClOPt-3. The topological polar surface area (TPSA) is 17.1 Å². The molecule has 0 unspecified atom stereocenters. The van der Waals surface area contributed by atoms with Crippen LogP contribution >= 0.6 is 9.42 Å². The summed E-state index contributed by atoms with van der Waals surface area (Å²) in [7, 11) is 4.61. The van der Waals surface area contributed by atoms with Crippen molar-refractivity contribution in [2.24, 2.45) is 0 Å². The minimum atomic E-state index is 0. The van der Waals surface area contributed by atoms with Crippen molar-refractivity contribution in [2.45, 2.75) is 13.8 Å². The molecule has 0 saturated carbocycles. The summed E-state index contributed by atoms with van der Waals surface area (Å²) in [5.74, 6) is 0. The Bertz CT molecular complexity index is 19.9. The summed E-state index contributed by atoms with van der Waals surface area (Å²) >= 11 is 1.61. The molecule has 0 aromatic carbocycles. The summed E-state index contributed by atoms with van der Waals surface area (Å²) < 4.78 is 0. The van der Waals surface area contributed by atoms with Gasteiger partial charge >= 0.3 is 28.2 Å². The van der Waals surface area contributed by atoms with Crippen molar-refractivity contribution in [3.05, 3.63) is 14.4 Å². The zero-order valence-corrected chi connectivity index (χ0v) is 8.34. The number of hydrogen-bond acceptors (Lipinski definition) is 1. The molecular weight excluding hydrogens is 307 g/mol. The second-order valence-electron chi connectivity index (χ2n) is 0.204. The van der Waals surface area contributed by atoms with Gasteiger partial charge in [0.15, 0.2) is 0 Å². The SMILES string of the molecule is C[C-]=O.[CH2-]C.[CH3-].[Cl][Pt]. The van der Waals surface area contributed by atoms with E-state index in [0.29, 0.717) is 0 Å². The van der Waals surface area contributed by atoms with E-state index in [4.69, 9.17) is 4.79 Å². The summed E-state index contributed by atoms with van der Waals surface area (Å²) in [5, 5.41) is 0. The first-order chi connectivity index (χ1) is 3.41. The summed E-state index contributed by atoms with van der Waals surface area (Å²) in [5.41, 5.74) is 0. The zero-order chi connectivity index (χ0) is 6.71. The molecule has 0 spiro atoms. The average Bonchev–Trinajstić information content (AvgIpc) is 1.78. The third-order valence-electron chi connectivity index (χ3n) is 0. The van der Waals surface area contributed by atoms with Crippen LogP contribution < -0.4 is 0 Å². The van der Waals surface area contributed by atoms with Gasteiger partial charge in [-0.15, -0.1) is 0 Å². The predicted octanol–water partition coefficient (Wildman–Crippen LogP) is 2.09. The van der Waals surface area contributed by atoms with E-state index in [1.807, 2.05) is 0 Å². The third kappa shape index (κ3) is 505. The molecule has 0 amide bonds. The molecule has 0 N–H and O–H groups in total. The van der Waals surface area contributed by atoms with Crippen LogP contribution in [0, 0.1) is 14.4 Å². The molecule has 0 aromatic rings. The fraction of sp³-hybridized carbons (Fsp3) is 0.400. The van der Waals surface area contributed by atoms with Crippen LogP contribution in [-0.2, 0) is 23.6 Å². The summed E-state index contributed by atoms with van der Waals surface area (Å²) in [6, 6.07) is 0. The molecule has 0 atom stereocenters. The second kappa shape index (κ2) is 124. The standard InChI is InChI=1S/C2H3O.C2H5.CH3.ClH.Pt/c1-2-3;1-2;;;/h1H3;1H2,2H3;1H3;1H;/q3*-1;;+1/p-1. The molecule has 0 bridgehead atoms. The van der Waals surface area contributed by atoms with Crippen LogP contribution in [0.2, 0.25) is 0 Å². The molecule has 0 aliphatic rings. The van der Waals surface area contributed by atoms with Crippen LogP contribution in [-0.4, -0.2) is 6.29 Å². The Morgan fingerprint density at radius 2 is 1.50 bits per heavy atom. The van der Waals surface area contributed by atoms with Crippen molar-refractivity contribution >= 4 is 15.7 Å². The van der Waals surface area contributed by atoms with Crippen molar-refractivity contribution in [3.8, 4) is 0 Å². The van der Waals surface area contributed by atoms with Gasteiger partial charge in [0.05, 0.1) is 0 Å². The van der Waals surface area contributed by atoms with E-state index in [9.17, 15) is 0 Å². The maximum absolute atomic E-state index is 8.68. The van der Waals surface area contributed by atoms with Crippen LogP contribution in [0.5, 0.6) is 0 Å². The Kier molecular flexibility index (Phi) is 364. The Hall–Kier alpha value is 0.648. The van der Waals surface area contributed by atoms with Crippen molar-refractivity contribution in [3.63, 3.8) is 0 Å². The van der Waals surface area contributed by atoms with Crippen molar-refractivity contribution in [1.29, 1.82) is 0 Å². The third-order valence-corrected chi connectivity index (χ3v) is 0. The maximum atomic E-state index is 8.68. The first kappa shape index (κ1) is 23.4. The van der Waals surface area contributed by atoms with Gasteiger partial charge in [0.1, 0.15) is 0 Å². The van der Waals surface area contributed by atoms with Gasteiger partial charge < -0.3 is 19.1 Å². The molecule has 0 aliphatic carbocycles. The van der Waals surface area contributed by atoms with Gasteiger partial charge in [0.25, 0.3) is 0 Å². The molecule has 57 valence electrons. The van der Waals surface area contributed by atoms with Gasteiger partial charge in [-0.25, -0.2) is 0 Å². The molecule has 1 nitrogen and oxygen atoms in total. The molecule has 0 rings (SSSR count). The van der Waals surface area contributed by atoms with E-state index in [2.05, 4.69) is 16.3 Å². The van der Waals surface area contributed by atoms with Crippen LogP contribution in [0.25, 0.3) is 0 Å². The van der Waals surface area contributed by atoms with E-state index < -0.39 is 0 Å². The molecule has 0 aromatic heterocycles. The number of carbonyl (C=O) groups excluding carboxylic acids is 1. The van der Waals surface area contributed by atoms with Gasteiger partial charge in [0, 0.05) is 0 Å². The fourth-order valence-electron chi connectivity index (χ4n) is 0. The average molecular weight is 318 g/mol. The normalized spacial score (nSPS) is 3.25. The van der Waals surface area contributed by atoms with Crippen LogP contribution in [0.15, 0.2) is 0 Å². The summed E-state index contributed by atoms with van der Waals surface area (Å²) in [6.07, 6.45) is 1.50. The number of hydrogen-bond donors (Lipinski definition) is 0. The quantitative estimate of drug-likeness (QED) is 0.625. The number of rotatable bonds is 0. The molecule has 0 heterocycles. The zero-order valence-electron chi connectivity index (χ0n) is 5.31. The van der Waals surface area contributed by atoms with Gasteiger partial charge in [0.2, 0.25) is 0 Å². The van der Waals surface area contributed by atoms with E-state index in [-0.39, 0.29) is 7.43 Å². The van der Waals surface area contributed by atoms with Gasteiger partial charge in [-0.05, 0) is 0 Å². The van der Waals surface area contributed by atoms with Gasteiger partial charge in [-0.1, -0.05) is 0 Å². The molecule has 8 heavy (non-hydrogen) atoms. The Morgan fingerprint density at radius 1 is 1.50 bits per heavy atom. The number of halogens is 1. The first-order valence-corrected chi connectivity index (χ1v) is 4.35. The Morgan fingerprint density at radius 3 is 1.50 bits per heavy atom. The van der Waals surface area contributed by atoms with E-state index in [0.717, 1.165) is 0 Å². The summed E-state index contributed by atoms with van der Waals surface area (Å²) in [4.78, 5) is 8.68. The van der Waals surface area contributed by atoms with E-state index in [1.165, 1.54) is 13.2 Å². The Labute approximate surface area is 67.6 Å². The molecule has 0 fully saturated rings. The predicted molar refractivity (Wildman–Crippen MR) is 34.7 cm³/mol. The van der Waals surface area contributed by atoms with Crippen LogP contribution in [0.3, 0.4) is 0 Å². The van der Waals surface area contributed by atoms with Gasteiger partial charge in [-0.2, -0.15) is 13.8 Å². The van der Waals surface area contributed by atoms with Crippen LogP contribution in [0.1, 0.15) is 13.8 Å². The monoisotopic (exact) mass is 317 g/mol. The molecule has 0 saturated heterocycles. The van der Waals surface area contributed by atoms with Crippen molar-refractivity contribution in [2.75, 3.05) is 0 Å². The first-order valence-electron chi connectivity index (χ1n) is 1.53. The second-order valence-corrected chi connectivity index (χ2v) is 0.204. The fourth-order valence-corrected chi connectivity index (χ4v) is 0. The van der Waals surface area contributed by atoms with Gasteiger partial charge in [-0.3, -0.25) is 6.29 Å². The van der Waals surface area contributed by atoms with Crippen molar-refractivity contribution in [1.82, 2.24) is 0 Å². The molecule has 3 heteroatoms. The minimum absolute atomic E-state index is 0. The summed E-state index contributed by atoms with van der Waals surface area (Å²) in [6.45, 7) is 6.32. The van der Waals surface area contributed by atoms with Crippen molar-refractivity contribution < 1.29 is 23.6 Å².